The van der Waals surface area contributed by atoms with Crippen LogP contribution in [0.4, 0.5) is 0 Å². The lowest BCUT2D eigenvalue weighted by molar-refractivity contribution is 0.211. The smallest absolute Gasteiger partial charge is 0.00191 e. The molecule has 102 valence electrons. The van der Waals surface area contributed by atoms with Crippen molar-refractivity contribution in [1.29, 1.82) is 0 Å². The molecule has 1 aliphatic heterocycles. The fourth-order valence-electron chi connectivity index (χ4n) is 2.89. The Balaban J connectivity index is 1.97. The third-order valence-electron chi connectivity index (χ3n) is 3.93. The number of nitrogens with zero attached hydrogens (tertiary/aromatic N) is 1. The van der Waals surface area contributed by atoms with Crippen LogP contribution < -0.4 is 5.32 Å². The molecule has 0 aromatic rings. The molecular formula is C15H32N2. The maximum absolute atomic E-state index is 3.64. The maximum Gasteiger partial charge on any atom is -0.00191 e. The zero-order valence-corrected chi connectivity index (χ0v) is 12.3. The number of nitrogens with one attached hydrogen (secondary N) is 1. The highest BCUT2D eigenvalue weighted by Gasteiger charge is 2.15. The van der Waals surface area contributed by atoms with E-state index in [1.54, 1.807) is 0 Å². The molecule has 1 saturated heterocycles. The molecule has 1 fully saturated rings. The summed E-state index contributed by atoms with van der Waals surface area (Å²) in [7, 11) is 2.24. The highest BCUT2D eigenvalue weighted by Crippen LogP contribution is 2.18. The van der Waals surface area contributed by atoms with Gasteiger partial charge in [0.25, 0.3) is 0 Å². The molecule has 2 heteroatoms. The molecule has 1 unspecified atom stereocenters. The Morgan fingerprint density at radius 2 is 1.82 bits per heavy atom. The molecule has 1 N–H and O–H groups in total. The van der Waals surface area contributed by atoms with Gasteiger partial charge in [0, 0.05) is 0 Å². The lowest BCUT2D eigenvalue weighted by Gasteiger charge is -2.29. The first-order valence-corrected chi connectivity index (χ1v) is 7.47. The average molecular weight is 240 g/mol. The Hall–Kier alpha value is -0.0800. The molecule has 0 amide bonds. The highest BCUT2D eigenvalue weighted by atomic mass is 15.1. The van der Waals surface area contributed by atoms with Crippen molar-refractivity contribution in [1.82, 2.24) is 10.2 Å². The van der Waals surface area contributed by atoms with Crippen LogP contribution >= 0.6 is 0 Å². The van der Waals surface area contributed by atoms with Gasteiger partial charge in [-0.15, -0.1) is 0 Å². The lowest BCUT2D eigenvalue weighted by Crippen LogP contribution is -2.32. The number of likely N-dealkylation sites (tertiary alicyclic amines) is 1. The quantitative estimate of drug-likeness (QED) is 0.688. The molecule has 17 heavy (non-hydrogen) atoms. The summed E-state index contributed by atoms with van der Waals surface area (Å²) in [6.07, 6.45) is 5.53. The molecule has 0 aliphatic carbocycles. The molecule has 0 saturated carbocycles. The normalized spacial score (nSPS) is 21.0. The van der Waals surface area contributed by atoms with Crippen molar-refractivity contribution in [3.8, 4) is 0 Å². The molecule has 2 nitrogen and oxygen atoms in total. The lowest BCUT2D eigenvalue weighted by atomic mass is 9.93. The van der Waals surface area contributed by atoms with E-state index in [-0.39, 0.29) is 0 Å². The predicted octanol–water partition coefficient (Wildman–Crippen LogP) is 2.99. The van der Waals surface area contributed by atoms with Gasteiger partial charge in [0.15, 0.2) is 0 Å². The maximum atomic E-state index is 3.64. The van der Waals surface area contributed by atoms with Crippen LogP contribution in [0.3, 0.4) is 0 Å². The SMILES string of the molecule is CC(C)CC(C)CNCCC1CCN(C)CC1. The van der Waals surface area contributed by atoms with Crippen LogP contribution in [0.25, 0.3) is 0 Å². The van der Waals surface area contributed by atoms with Gasteiger partial charge >= 0.3 is 0 Å². The van der Waals surface area contributed by atoms with Crippen molar-refractivity contribution in [2.24, 2.45) is 17.8 Å². The van der Waals surface area contributed by atoms with E-state index >= 15 is 0 Å². The number of rotatable bonds is 7. The molecule has 0 aromatic carbocycles. The van der Waals surface area contributed by atoms with E-state index in [1.807, 2.05) is 0 Å². The first kappa shape index (κ1) is 15.0. The third kappa shape index (κ3) is 7.05. The molecule has 0 spiro atoms. The summed E-state index contributed by atoms with van der Waals surface area (Å²) in [6.45, 7) is 12.0. The molecular weight excluding hydrogens is 208 g/mol. The van der Waals surface area contributed by atoms with Gasteiger partial charge in [-0.25, -0.2) is 0 Å². The summed E-state index contributed by atoms with van der Waals surface area (Å²) in [5, 5.41) is 3.64. The van der Waals surface area contributed by atoms with Crippen LogP contribution in [0.1, 0.15) is 46.5 Å². The van der Waals surface area contributed by atoms with Crippen LogP contribution in [-0.4, -0.2) is 38.1 Å². The largest absolute Gasteiger partial charge is 0.316 e. The highest BCUT2D eigenvalue weighted by molar-refractivity contribution is 4.71. The molecule has 0 aromatic heterocycles. The van der Waals surface area contributed by atoms with Gasteiger partial charge in [-0.1, -0.05) is 20.8 Å². The van der Waals surface area contributed by atoms with Gasteiger partial charge in [0.05, 0.1) is 0 Å². The molecule has 1 aliphatic rings. The van der Waals surface area contributed by atoms with Crippen molar-refractivity contribution in [3.63, 3.8) is 0 Å². The van der Waals surface area contributed by atoms with Gasteiger partial charge in [-0.3, -0.25) is 0 Å². The van der Waals surface area contributed by atoms with Gasteiger partial charge in [-0.2, -0.15) is 0 Å². The minimum absolute atomic E-state index is 0.826. The van der Waals surface area contributed by atoms with E-state index in [0.717, 1.165) is 17.8 Å². The van der Waals surface area contributed by atoms with Crippen molar-refractivity contribution >= 4 is 0 Å². The molecule has 0 bridgehead atoms. The Bertz CT molecular complexity index is 183. The van der Waals surface area contributed by atoms with Crippen LogP contribution in [0.2, 0.25) is 0 Å². The van der Waals surface area contributed by atoms with Crippen LogP contribution in [0, 0.1) is 17.8 Å². The minimum atomic E-state index is 0.826. The summed E-state index contributed by atoms with van der Waals surface area (Å²) >= 11 is 0. The molecule has 1 rings (SSSR count). The molecule has 1 heterocycles. The molecule has 1 atom stereocenters. The summed E-state index contributed by atoms with van der Waals surface area (Å²) in [4.78, 5) is 2.45. The zero-order chi connectivity index (χ0) is 12.7. The standard InChI is InChI=1S/C15H32N2/c1-13(2)11-14(3)12-16-8-5-15-6-9-17(4)10-7-15/h13-16H,5-12H2,1-4H3. The van der Waals surface area contributed by atoms with Gasteiger partial charge < -0.3 is 10.2 Å². The summed E-state index contributed by atoms with van der Waals surface area (Å²) in [6, 6.07) is 0. The van der Waals surface area contributed by atoms with Crippen LogP contribution in [-0.2, 0) is 0 Å². The van der Waals surface area contributed by atoms with Crippen molar-refractivity contribution in [2.45, 2.75) is 46.5 Å². The van der Waals surface area contributed by atoms with E-state index in [1.165, 1.54) is 51.9 Å². The first-order valence-electron chi connectivity index (χ1n) is 7.47. The summed E-state index contributed by atoms with van der Waals surface area (Å²) in [5.74, 6) is 2.63. The van der Waals surface area contributed by atoms with E-state index < -0.39 is 0 Å². The Labute approximate surface area is 108 Å². The van der Waals surface area contributed by atoms with E-state index in [0.29, 0.717) is 0 Å². The van der Waals surface area contributed by atoms with Crippen molar-refractivity contribution in [2.75, 3.05) is 33.2 Å². The number of hydrogen-bond acceptors (Lipinski definition) is 2. The van der Waals surface area contributed by atoms with E-state index in [4.69, 9.17) is 0 Å². The molecule has 0 radical (unpaired) electrons. The van der Waals surface area contributed by atoms with Gasteiger partial charge in [0.1, 0.15) is 0 Å². The fourth-order valence-corrected chi connectivity index (χ4v) is 2.89. The summed E-state index contributed by atoms with van der Waals surface area (Å²) < 4.78 is 0. The summed E-state index contributed by atoms with van der Waals surface area (Å²) in [5.41, 5.74) is 0. The van der Waals surface area contributed by atoms with E-state index in [2.05, 4.69) is 38.0 Å². The minimum Gasteiger partial charge on any atom is -0.316 e. The number of hydrogen-bond donors (Lipinski definition) is 1. The zero-order valence-electron chi connectivity index (χ0n) is 12.3. The van der Waals surface area contributed by atoms with Crippen molar-refractivity contribution < 1.29 is 0 Å². The predicted molar refractivity (Wildman–Crippen MR) is 76.3 cm³/mol. The Morgan fingerprint density at radius 1 is 1.18 bits per heavy atom. The van der Waals surface area contributed by atoms with Crippen LogP contribution in [0.5, 0.6) is 0 Å². The van der Waals surface area contributed by atoms with Crippen LogP contribution in [0.15, 0.2) is 0 Å². The number of piperidine rings is 1. The van der Waals surface area contributed by atoms with Gasteiger partial charge in [0.2, 0.25) is 0 Å². The second kappa shape index (κ2) is 8.10. The second-order valence-corrected chi connectivity index (χ2v) is 6.47. The topological polar surface area (TPSA) is 15.3 Å². The second-order valence-electron chi connectivity index (χ2n) is 6.47. The monoisotopic (exact) mass is 240 g/mol. The average Bonchev–Trinajstić information content (AvgIpc) is 2.26. The van der Waals surface area contributed by atoms with E-state index in [9.17, 15) is 0 Å². The van der Waals surface area contributed by atoms with Crippen molar-refractivity contribution in [3.05, 3.63) is 0 Å². The van der Waals surface area contributed by atoms with Gasteiger partial charge in [-0.05, 0) is 76.7 Å². The first-order chi connectivity index (χ1) is 8.08. The Kier molecular flexibility index (Phi) is 7.14. The fraction of sp³-hybridized carbons (Fsp3) is 1.00. The Morgan fingerprint density at radius 3 is 2.41 bits per heavy atom. The third-order valence-corrected chi connectivity index (χ3v) is 3.93.